The van der Waals surface area contributed by atoms with Gasteiger partial charge in [-0.3, -0.25) is 4.79 Å². The zero-order valence-corrected chi connectivity index (χ0v) is 8.69. The topological polar surface area (TPSA) is 105 Å². The van der Waals surface area contributed by atoms with Gasteiger partial charge in [0.05, 0.1) is 12.9 Å². The van der Waals surface area contributed by atoms with Crippen molar-refractivity contribution in [3.8, 4) is 0 Å². The molecule has 1 heterocycles. The molecule has 15 heavy (non-hydrogen) atoms. The number of aromatic nitrogens is 2. The molecule has 0 saturated carbocycles. The third-order valence-corrected chi connectivity index (χ3v) is 1.90. The van der Waals surface area contributed by atoms with Crippen molar-refractivity contribution in [1.82, 2.24) is 14.9 Å². The first kappa shape index (κ1) is 11.5. The second-order valence-corrected chi connectivity index (χ2v) is 2.99. The van der Waals surface area contributed by atoms with Crippen molar-refractivity contribution in [2.75, 3.05) is 19.4 Å². The Kier molecular flexibility index (Phi) is 3.64. The maximum atomic E-state index is 11.5. The second-order valence-electron chi connectivity index (χ2n) is 2.99. The fourth-order valence-electron chi connectivity index (χ4n) is 1.26. The van der Waals surface area contributed by atoms with Crippen molar-refractivity contribution in [2.24, 2.45) is 5.73 Å². The molecule has 84 valence electrons. The number of nitrogens with two attached hydrogens (primary N) is 1. The van der Waals surface area contributed by atoms with Crippen molar-refractivity contribution in [2.45, 2.75) is 12.8 Å². The molecule has 1 atom stereocenters. The number of carbonyl (C=O) groups is 1. The van der Waals surface area contributed by atoms with E-state index in [9.17, 15) is 4.79 Å². The Morgan fingerprint density at radius 3 is 2.87 bits per heavy atom. The predicted molar refractivity (Wildman–Crippen MR) is 55.4 cm³/mol. The van der Waals surface area contributed by atoms with E-state index in [1.807, 2.05) is 0 Å². The quantitative estimate of drug-likeness (QED) is 0.458. The fourth-order valence-corrected chi connectivity index (χ4v) is 1.26. The number of carbonyl (C=O) groups excluding carboxylic acids is 1. The van der Waals surface area contributed by atoms with Gasteiger partial charge in [-0.05, 0) is 0 Å². The molecule has 0 aromatic carbocycles. The maximum Gasteiger partial charge on any atom is 0.271 e. The third kappa shape index (κ3) is 2.45. The normalized spacial score (nSPS) is 12.3. The SMILES string of the molecule is CNC(=O)c1c(NC)ncn1CC(N)O. The van der Waals surface area contributed by atoms with Crippen LogP contribution in [0.1, 0.15) is 10.5 Å². The molecule has 1 rings (SSSR count). The summed E-state index contributed by atoms with van der Waals surface area (Å²) in [5.41, 5.74) is 5.59. The predicted octanol–water partition coefficient (Wildman–Crippen LogP) is -1.44. The van der Waals surface area contributed by atoms with Crippen molar-refractivity contribution in [3.63, 3.8) is 0 Å². The molecule has 1 amide bonds. The standard InChI is InChI=1S/C8H15N5O2/c1-10-7-6(8(15)11-2)13(4-12-7)3-5(9)14/h4-5,10,14H,3,9H2,1-2H3,(H,11,15). The van der Waals surface area contributed by atoms with Crippen LogP contribution in [0.25, 0.3) is 0 Å². The van der Waals surface area contributed by atoms with E-state index in [1.54, 1.807) is 7.05 Å². The summed E-state index contributed by atoms with van der Waals surface area (Å²) in [4.78, 5) is 15.5. The van der Waals surface area contributed by atoms with Gasteiger partial charge in [0.15, 0.2) is 11.5 Å². The number of aliphatic hydroxyl groups excluding tert-OH is 1. The van der Waals surface area contributed by atoms with Gasteiger partial charge in [-0.1, -0.05) is 0 Å². The van der Waals surface area contributed by atoms with Crippen molar-refractivity contribution in [1.29, 1.82) is 0 Å². The number of amides is 1. The summed E-state index contributed by atoms with van der Waals surface area (Å²) in [6.07, 6.45) is 0.430. The lowest BCUT2D eigenvalue weighted by molar-refractivity contribution is 0.0949. The average Bonchev–Trinajstić information content (AvgIpc) is 2.58. The molecule has 0 aliphatic rings. The van der Waals surface area contributed by atoms with Crippen LogP contribution in [0.5, 0.6) is 0 Å². The van der Waals surface area contributed by atoms with Crippen LogP contribution >= 0.6 is 0 Å². The van der Waals surface area contributed by atoms with E-state index in [1.165, 1.54) is 17.9 Å². The van der Waals surface area contributed by atoms with E-state index in [0.29, 0.717) is 11.5 Å². The van der Waals surface area contributed by atoms with Crippen molar-refractivity contribution in [3.05, 3.63) is 12.0 Å². The molecular weight excluding hydrogens is 198 g/mol. The minimum absolute atomic E-state index is 0.122. The molecule has 7 heteroatoms. The van der Waals surface area contributed by atoms with Crippen LogP contribution in [0.15, 0.2) is 6.33 Å². The van der Waals surface area contributed by atoms with Gasteiger partial charge in [0.2, 0.25) is 0 Å². The van der Waals surface area contributed by atoms with E-state index in [-0.39, 0.29) is 12.5 Å². The van der Waals surface area contributed by atoms with Crippen molar-refractivity contribution >= 4 is 11.7 Å². The van der Waals surface area contributed by atoms with Crippen LogP contribution in [-0.2, 0) is 6.54 Å². The zero-order valence-electron chi connectivity index (χ0n) is 8.69. The highest BCUT2D eigenvalue weighted by molar-refractivity contribution is 5.97. The fraction of sp³-hybridized carbons (Fsp3) is 0.500. The minimum Gasteiger partial charge on any atom is -0.377 e. The van der Waals surface area contributed by atoms with Crippen LogP contribution in [0.4, 0.5) is 5.82 Å². The van der Waals surface area contributed by atoms with Gasteiger partial charge < -0.3 is 26.0 Å². The molecule has 0 radical (unpaired) electrons. The zero-order chi connectivity index (χ0) is 11.4. The molecule has 0 fully saturated rings. The van der Waals surface area contributed by atoms with E-state index in [4.69, 9.17) is 10.8 Å². The van der Waals surface area contributed by atoms with Gasteiger partial charge in [-0.25, -0.2) is 4.98 Å². The molecule has 1 aromatic rings. The molecule has 1 unspecified atom stereocenters. The van der Waals surface area contributed by atoms with E-state index in [0.717, 1.165) is 0 Å². The highest BCUT2D eigenvalue weighted by atomic mass is 16.3. The Balaban J connectivity index is 3.05. The molecule has 1 aromatic heterocycles. The summed E-state index contributed by atoms with van der Waals surface area (Å²) in [7, 11) is 3.19. The lowest BCUT2D eigenvalue weighted by atomic mass is 10.3. The van der Waals surface area contributed by atoms with E-state index in [2.05, 4.69) is 15.6 Å². The highest BCUT2D eigenvalue weighted by Crippen LogP contribution is 2.12. The van der Waals surface area contributed by atoms with Crippen molar-refractivity contribution < 1.29 is 9.90 Å². The Morgan fingerprint density at radius 1 is 1.73 bits per heavy atom. The van der Waals surface area contributed by atoms with Crippen LogP contribution in [0.2, 0.25) is 0 Å². The Morgan fingerprint density at radius 2 is 2.40 bits per heavy atom. The molecule has 0 aliphatic carbocycles. The van der Waals surface area contributed by atoms with Gasteiger partial charge in [0.1, 0.15) is 6.23 Å². The van der Waals surface area contributed by atoms with Crippen LogP contribution in [0.3, 0.4) is 0 Å². The Hall–Kier alpha value is -1.60. The summed E-state index contributed by atoms with van der Waals surface area (Å²) >= 11 is 0. The average molecular weight is 213 g/mol. The lowest BCUT2D eigenvalue weighted by Crippen LogP contribution is -2.29. The molecule has 0 spiro atoms. The smallest absolute Gasteiger partial charge is 0.271 e. The lowest BCUT2D eigenvalue weighted by Gasteiger charge is -2.09. The van der Waals surface area contributed by atoms with Gasteiger partial charge in [0.25, 0.3) is 5.91 Å². The first-order valence-electron chi connectivity index (χ1n) is 4.48. The maximum absolute atomic E-state index is 11.5. The number of anilines is 1. The number of aliphatic hydroxyl groups is 1. The first-order chi connectivity index (χ1) is 7.10. The Labute approximate surface area is 87.3 Å². The molecule has 0 saturated heterocycles. The number of nitrogens with zero attached hydrogens (tertiary/aromatic N) is 2. The number of imidazole rings is 1. The van der Waals surface area contributed by atoms with Gasteiger partial charge >= 0.3 is 0 Å². The van der Waals surface area contributed by atoms with E-state index < -0.39 is 6.23 Å². The number of rotatable bonds is 4. The number of hydrogen-bond acceptors (Lipinski definition) is 5. The molecule has 5 N–H and O–H groups in total. The third-order valence-electron chi connectivity index (χ3n) is 1.90. The monoisotopic (exact) mass is 213 g/mol. The van der Waals surface area contributed by atoms with Gasteiger partial charge in [-0.15, -0.1) is 0 Å². The molecule has 7 nitrogen and oxygen atoms in total. The first-order valence-corrected chi connectivity index (χ1v) is 4.48. The second kappa shape index (κ2) is 4.76. The molecule has 0 aliphatic heterocycles. The summed E-state index contributed by atoms with van der Waals surface area (Å²) in [5.74, 6) is 0.174. The van der Waals surface area contributed by atoms with Crippen LogP contribution < -0.4 is 16.4 Å². The van der Waals surface area contributed by atoms with Gasteiger partial charge in [-0.2, -0.15) is 0 Å². The number of hydrogen-bond donors (Lipinski definition) is 4. The minimum atomic E-state index is -1.02. The summed E-state index contributed by atoms with van der Waals surface area (Å²) in [6.45, 7) is 0.122. The number of nitrogens with one attached hydrogen (secondary N) is 2. The largest absolute Gasteiger partial charge is 0.377 e. The van der Waals surface area contributed by atoms with Crippen LogP contribution in [-0.4, -0.2) is 40.9 Å². The van der Waals surface area contributed by atoms with E-state index >= 15 is 0 Å². The molecule has 0 bridgehead atoms. The highest BCUT2D eigenvalue weighted by Gasteiger charge is 2.17. The molecular formula is C8H15N5O2. The summed E-state index contributed by atoms with van der Waals surface area (Å²) in [6, 6.07) is 0. The van der Waals surface area contributed by atoms with Crippen LogP contribution in [0, 0.1) is 0 Å². The summed E-state index contributed by atoms with van der Waals surface area (Å²) in [5, 5.41) is 14.3. The van der Waals surface area contributed by atoms with Gasteiger partial charge in [0, 0.05) is 14.1 Å². The Bertz CT molecular complexity index is 347. The summed E-state index contributed by atoms with van der Waals surface area (Å²) < 4.78 is 1.50.